The first-order valence-corrected chi connectivity index (χ1v) is 16.1. The van der Waals surface area contributed by atoms with Crippen molar-refractivity contribution in [2.24, 2.45) is 0 Å². The predicted octanol–water partition coefficient (Wildman–Crippen LogP) is 2.61. The number of hydroxylamine groups is 1. The van der Waals surface area contributed by atoms with Crippen LogP contribution >= 0.6 is 0 Å². The van der Waals surface area contributed by atoms with E-state index in [-0.39, 0.29) is 5.91 Å². The number of amides is 1. The van der Waals surface area contributed by atoms with Gasteiger partial charge in [0.15, 0.2) is 6.29 Å². The van der Waals surface area contributed by atoms with Crippen molar-refractivity contribution in [3.05, 3.63) is 59.7 Å². The molecule has 1 N–H and O–H groups in total. The molecule has 2 aromatic rings. The standard InChI is InChI=1S/C34H52N2O12/c1-35(34(38)33-6-4-3-5-30(33)29-37)11-12-40-13-14-41-15-16-42-17-18-43-19-20-44-21-22-45-23-24-46-25-26-47-27-28-48-32-9-7-31(8-10-32)36(2)39/h3-10,29,39H,11-28H2,1-2H3. The Morgan fingerprint density at radius 3 is 1.40 bits per heavy atom. The van der Waals surface area contributed by atoms with Gasteiger partial charge in [0.05, 0.1) is 117 Å². The smallest absolute Gasteiger partial charge is 0.254 e. The van der Waals surface area contributed by atoms with Gasteiger partial charge in [-0.1, -0.05) is 18.2 Å². The van der Waals surface area contributed by atoms with Gasteiger partial charge in [-0.25, -0.2) is 0 Å². The highest BCUT2D eigenvalue weighted by Gasteiger charge is 2.14. The van der Waals surface area contributed by atoms with E-state index >= 15 is 0 Å². The number of likely N-dealkylation sites (N-methyl/N-ethyl adjacent to an activating group) is 1. The van der Waals surface area contributed by atoms with Crippen LogP contribution in [0.1, 0.15) is 20.7 Å². The van der Waals surface area contributed by atoms with Crippen LogP contribution < -0.4 is 9.80 Å². The minimum Gasteiger partial charge on any atom is -0.491 e. The van der Waals surface area contributed by atoms with Crippen molar-refractivity contribution in [2.75, 3.05) is 138 Å². The molecule has 14 nitrogen and oxygen atoms in total. The van der Waals surface area contributed by atoms with Gasteiger partial charge in [0.1, 0.15) is 12.4 Å². The van der Waals surface area contributed by atoms with Crippen LogP contribution in [0, 0.1) is 0 Å². The number of anilines is 1. The summed E-state index contributed by atoms with van der Waals surface area (Å²) in [6.07, 6.45) is 0.683. The Morgan fingerprint density at radius 2 is 0.979 bits per heavy atom. The average molecular weight is 681 g/mol. The van der Waals surface area contributed by atoms with E-state index in [1.54, 1.807) is 62.6 Å². The SMILES string of the molecule is CN(CCOCCOCCOCCOCCOCCOCCOCCOCCOc1ccc(N(C)O)cc1)C(=O)c1ccccc1C=O. The zero-order valence-electron chi connectivity index (χ0n) is 28.3. The molecule has 14 heteroatoms. The number of ether oxygens (including phenoxy) is 9. The molecule has 0 bridgehead atoms. The van der Waals surface area contributed by atoms with Crippen molar-refractivity contribution < 1.29 is 57.4 Å². The molecule has 0 unspecified atom stereocenters. The van der Waals surface area contributed by atoms with Gasteiger partial charge < -0.3 is 47.5 Å². The summed E-state index contributed by atoms with van der Waals surface area (Å²) < 4.78 is 49.5. The highest BCUT2D eigenvalue weighted by molar-refractivity contribution is 6.01. The van der Waals surface area contributed by atoms with Crippen molar-refractivity contribution in [3.63, 3.8) is 0 Å². The molecular weight excluding hydrogens is 628 g/mol. The summed E-state index contributed by atoms with van der Waals surface area (Å²) >= 11 is 0. The normalized spacial score (nSPS) is 11.1. The third kappa shape index (κ3) is 19.6. The number of carbonyl (C=O) groups is 2. The van der Waals surface area contributed by atoms with Crippen molar-refractivity contribution in [1.29, 1.82) is 0 Å². The molecule has 0 aliphatic rings. The number of aldehydes is 1. The van der Waals surface area contributed by atoms with Crippen LogP contribution in [-0.4, -0.2) is 155 Å². The Bertz CT molecular complexity index is 1090. The minimum absolute atomic E-state index is 0.218. The highest BCUT2D eigenvalue weighted by Crippen LogP contribution is 2.17. The summed E-state index contributed by atoms with van der Waals surface area (Å²) in [5.41, 5.74) is 1.44. The summed E-state index contributed by atoms with van der Waals surface area (Å²) in [5.74, 6) is 0.498. The second kappa shape index (κ2) is 27.7. The van der Waals surface area contributed by atoms with E-state index in [1.807, 2.05) is 0 Å². The van der Waals surface area contributed by atoms with E-state index in [0.29, 0.717) is 148 Å². The molecule has 0 saturated carbocycles. The van der Waals surface area contributed by atoms with Crippen molar-refractivity contribution in [2.45, 2.75) is 0 Å². The van der Waals surface area contributed by atoms with Crippen molar-refractivity contribution >= 4 is 17.9 Å². The molecule has 0 aliphatic carbocycles. The lowest BCUT2D eigenvalue weighted by Gasteiger charge is -2.18. The summed E-state index contributed by atoms with van der Waals surface area (Å²) in [6.45, 7) is 8.16. The first-order chi connectivity index (χ1) is 23.5. The van der Waals surface area contributed by atoms with E-state index in [2.05, 4.69) is 0 Å². The lowest BCUT2D eigenvalue weighted by molar-refractivity contribution is -0.0238. The zero-order chi connectivity index (χ0) is 34.5. The first-order valence-electron chi connectivity index (χ1n) is 16.1. The molecule has 0 radical (unpaired) electrons. The van der Waals surface area contributed by atoms with Crippen molar-refractivity contribution in [3.8, 4) is 5.75 Å². The van der Waals surface area contributed by atoms with Gasteiger partial charge in [-0.15, -0.1) is 0 Å². The Hall–Kier alpha value is -3.18. The number of hydrogen-bond donors (Lipinski definition) is 1. The quantitative estimate of drug-likeness (QED) is 0.0709. The van der Waals surface area contributed by atoms with E-state index in [9.17, 15) is 14.8 Å². The molecule has 0 aromatic heterocycles. The molecule has 0 heterocycles. The third-order valence-corrected chi connectivity index (χ3v) is 6.55. The lowest BCUT2D eigenvalue weighted by atomic mass is 10.1. The Kier molecular flexibility index (Phi) is 23.7. The molecule has 0 spiro atoms. The lowest BCUT2D eigenvalue weighted by Crippen LogP contribution is -2.31. The second-order valence-electron chi connectivity index (χ2n) is 10.2. The molecule has 270 valence electrons. The van der Waals surface area contributed by atoms with E-state index in [4.69, 9.17) is 42.6 Å². The van der Waals surface area contributed by atoms with Crippen LogP contribution in [0.4, 0.5) is 5.69 Å². The third-order valence-electron chi connectivity index (χ3n) is 6.55. The number of rotatable bonds is 31. The van der Waals surface area contributed by atoms with Gasteiger partial charge in [0.2, 0.25) is 0 Å². The predicted molar refractivity (Wildman–Crippen MR) is 177 cm³/mol. The molecular formula is C34H52N2O12. The van der Waals surface area contributed by atoms with Crippen LogP contribution in [0.5, 0.6) is 5.75 Å². The Morgan fingerprint density at radius 1 is 0.583 bits per heavy atom. The van der Waals surface area contributed by atoms with E-state index < -0.39 is 0 Å². The van der Waals surface area contributed by atoms with Crippen LogP contribution in [0.25, 0.3) is 0 Å². The maximum atomic E-state index is 12.5. The maximum Gasteiger partial charge on any atom is 0.254 e. The fraction of sp³-hybridized carbons (Fsp3) is 0.588. The molecule has 48 heavy (non-hydrogen) atoms. The van der Waals surface area contributed by atoms with Gasteiger partial charge in [-0.2, -0.15) is 0 Å². The fourth-order valence-corrected chi connectivity index (χ4v) is 3.92. The number of benzene rings is 2. The summed E-state index contributed by atoms with van der Waals surface area (Å²) in [7, 11) is 3.23. The summed E-state index contributed by atoms with van der Waals surface area (Å²) in [6, 6.07) is 13.8. The monoisotopic (exact) mass is 680 g/mol. The minimum atomic E-state index is -0.218. The largest absolute Gasteiger partial charge is 0.491 e. The number of hydrogen-bond acceptors (Lipinski definition) is 13. The van der Waals surface area contributed by atoms with Crippen LogP contribution in [0.2, 0.25) is 0 Å². The second-order valence-corrected chi connectivity index (χ2v) is 10.2. The first kappa shape index (κ1) is 41.0. The van der Waals surface area contributed by atoms with Crippen LogP contribution in [0.3, 0.4) is 0 Å². The number of carbonyl (C=O) groups excluding carboxylic acids is 2. The Labute approximate surface area is 283 Å². The molecule has 2 aromatic carbocycles. The fourth-order valence-electron chi connectivity index (χ4n) is 3.92. The van der Waals surface area contributed by atoms with E-state index in [0.717, 1.165) is 5.06 Å². The molecule has 0 aliphatic heterocycles. The zero-order valence-corrected chi connectivity index (χ0v) is 28.3. The molecule has 0 fully saturated rings. The highest BCUT2D eigenvalue weighted by atomic mass is 16.6. The Balaban J connectivity index is 1.22. The van der Waals surface area contributed by atoms with Gasteiger partial charge in [-0.3, -0.25) is 19.9 Å². The van der Waals surface area contributed by atoms with Gasteiger partial charge in [0, 0.05) is 26.2 Å². The molecule has 0 saturated heterocycles. The topological polar surface area (TPSA) is 144 Å². The average Bonchev–Trinajstić information content (AvgIpc) is 3.11. The summed E-state index contributed by atoms with van der Waals surface area (Å²) in [5, 5.41) is 10.4. The number of nitrogens with zero attached hydrogens (tertiary/aromatic N) is 2. The van der Waals surface area contributed by atoms with Gasteiger partial charge in [-0.05, 0) is 30.3 Å². The van der Waals surface area contributed by atoms with Crippen molar-refractivity contribution in [1.82, 2.24) is 4.90 Å². The van der Waals surface area contributed by atoms with Gasteiger partial charge in [0.25, 0.3) is 5.91 Å². The molecule has 2 rings (SSSR count). The van der Waals surface area contributed by atoms with Gasteiger partial charge >= 0.3 is 0 Å². The molecule has 0 atom stereocenters. The maximum absolute atomic E-state index is 12.5. The summed E-state index contributed by atoms with van der Waals surface area (Å²) in [4.78, 5) is 25.1. The van der Waals surface area contributed by atoms with Crippen LogP contribution in [0.15, 0.2) is 48.5 Å². The van der Waals surface area contributed by atoms with Crippen LogP contribution in [-0.2, 0) is 37.9 Å². The van der Waals surface area contributed by atoms with E-state index in [1.165, 1.54) is 4.90 Å². The molecule has 1 amide bonds.